The molecule has 0 saturated carbocycles. The Kier molecular flexibility index (Phi) is 9.98. The lowest BCUT2D eigenvalue weighted by Gasteiger charge is -2.41. The van der Waals surface area contributed by atoms with E-state index in [-0.39, 0.29) is 0 Å². The molecule has 0 saturated heterocycles. The van der Waals surface area contributed by atoms with Gasteiger partial charge in [-0.2, -0.15) is 0 Å². The number of unbranched alkanes of at least 4 members (excludes halogenated alkanes) is 5. The Hall–Kier alpha value is 0.110. The quantitative estimate of drug-likeness (QED) is 0.449. The first-order chi connectivity index (χ1) is 8.89. The fourth-order valence-corrected chi connectivity index (χ4v) is 5.87. The summed E-state index contributed by atoms with van der Waals surface area (Å²) in [5.41, 5.74) is 0. The van der Waals surface area contributed by atoms with E-state index in [1.807, 2.05) is 0 Å². The van der Waals surface area contributed by atoms with Crippen molar-refractivity contribution in [2.45, 2.75) is 45.4 Å². The second kappa shape index (κ2) is 9.93. The molecule has 0 rings (SSSR count). The molecule has 0 aliphatic carbocycles. The zero-order valence-electron chi connectivity index (χ0n) is 14.2. The van der Waals surface area contributed by atoms with Crippen LogP contribution in [0.2, 0.25) is 0 Å². The van der Waals surface area contributed by atoms with E-state index < -0.39 is 7.51 Å². The van der Waals surface area contributed by atoms with E-state index in [4.69, 9.17) is 4.74 Å². The summed E-state index contributed by atoms with van der Waals surface area (Å²) >= 11 is 0. The molecule has 0 unspecified atom stereocenters. The first-order valence-corrected chi connectivity index (χ1v) is 9.11. The molecule has 0 amide bonds. The predicted molar refractivity (Wildman–Crippen MR) is 88.7 cm³/mol. The normalized spacial score (nSPS) is 12.7. The minimum atomic E-state index is -1.65. The number of hydrogen-bond donors (Lipinski definition) is 0. The first kappa shape index (κ1) is 19.1. The molecular formula is C14H35N4P. The third-order valence-electron chi connectivity index (χ3n) is 3.41. The molecule has 0 bridgehead atoms. The number of rotatable bonds is 10. The van der Waals surface area contributed by atoms with Gasteiger partial charge in [-0.25, -0.2) is 0 Å². The molecule has 0 N–H and O–H groups in total. The van der Waals surface area contributed by atoms with Crippen LogP contribution in [0, 0.1) is 0 Å². The Morgan fingerprint density at radius 1 is 0.684 bits per heavy atom. The van der Waals surface area contributed by atoms with Crippen LogP contribution in [-0.4, -0.2) is 62.8 Å². The minimum Gasteiger partial charge on any atom is -0.261 e. The lowest BCUT2D eigenvalue weighted by atomic mass is 10.1. The molecule has 0 aliphatic heterocycles. The summed E-state index contributed by atoms with van der Waals surface area (Å²) < 4.78 is 11.9. The van der Waals surface area contributed by atoms with Gasteiger partial charge in [0.1, 0.15) is 0 Å². The molecule has 0 aromatic rings. The summed E-state index contributed by atoms with van der Waals surface area (Å²) in [5, 5.41) is 0. The lowest BCUT2D eigenvalue weighted by Crippen LogP contribution is -2.30. The third-order valence-corrected chi connectivity index (χ3v) is 7.21. The van der Waals surface area contributed by atoms with Crippen molar-refractivity contribution < 1.29 is 0 Å². The third kappa shape index (κ3) is 5.95. The van der Waals surface area contributed by atoms with Crippen LogP contribution in [-0.2, 0) is 0 Å². The van der Waals surface area contributed by atoms with Crippen LogP contribution in [0.25, 0.3) is 0 Å². The number of nitrogens with zero attached hydrogens (tertiary/aromatic N) is 4. The second-order valence-corrected chi connectivity index (χ2v) is 9.47. The van der Waals surface area contributed by atoms with Gasteiger partial charge in [0.25, 0.3) is 0 Å². The van der Waals surface area contributed by atoms with E-state index in [2.05, 4.69) is 63.2 Å². The van der Waals surface area contributed by atoms with Crippen molar-refractivity contribution in [3.05, 3.63) is 0 Å². The van der Waals surface area contributed by atoms with E-state index in [9.17, 15) is 0 Å². The zero-order valence-corrected chi connectivity index (χ0v) is 15.1. The summed E-state index contributed by atoms with van der Waals surface area (Å²) in [6, 6.07) is 0. The average Bonchev–Trinajstić information content (AvgIpc) is 2.31. The summed E-state index contributed by atoms with van der Waals surface area (Å²) in [6.07, 6.45) is 7.98. The molecule has 0 atom stereocenters. The van der Waals surface area contributed by atoms with E-state index in [1.54, 1.807) is 0 Å². The topological polar surface area (TPSA) is 22.1 Å². The van der Waals surface area contributed by atoms with Crippen molar-refractivity contribution in [1.82, 2.24) is 14.0 Å². The molecule has 4 nitrogen and oxygen atoms in total. The Morgan fingerprint density at radius 3 is 1.53 bits per heavy atom. The van der Waals surface area contributed by atoms with Crippen LogP contribution in [0.4, 0.5) is 0 Å². The molecule has 19 heavy (non-hydrogen) atoms. The Morgan fingerprint density at radius 2 is 1.11 bits per heavy atom. The smallest absolute Gasteiger partial charge is 0.166 e. The van der Waals surface area contributed by atoms with Gasteiger partial charge >= 0.3 is 0 Å². The van der Waals surface area contributed by atoms with Gasteiger partial charge in [0.2, 0.25) is 0 Å². The molecule has 0 aliphatic rings. The van der Waals surface area contributed by atoms with Gasteiger partial charge in [-0.3, -0.25) is 18.8 Å². The lowest BCUT2D eigenvalue weighted by molar-refractivity contribution is 0.469. The van der Waals surface area contributed by atoms with Crippen molar-refractivity contribution in [1.29, 1.82) is 0 Å². The maximum atomic E-state index is 5.06. The molecule has 0 radical (unpaired) electrons. The van der Waals surface area contributed by atoms with Gasteiger partial charge in [-0.1, -0.05) is 39.0 Å². The van der Waals surface area contributed by atoms with Gasteiger partial charge in [-0.15, -0.1) is 0 Å². The van der Waals surface area contributed by atoms with E-state index >= 15 is 0 Å². The second-order valence-electron chi connectivity index (χ2n) is 5.71. The molecular weight excluding hydrogens is 255 g/mol. The highest BCUT2D eigenvalue weighted by atomic mass is 31.2. The van der Waals surface area contributed by atoms with Crippen molar-refractivity contribution in [3.63, 3.8) is 0 Å². The SMILES string of the molecule is CCCCCCCCN=P(N(C)C)(N(C)C)N(C)C. The average molecular weight is 290 g/mol. The highest BCUT2D eigenvalue weighted by molar-refractivity contribution is 7.59. The molecule has 0 heterocycles. The monoisotopic (exact) mass is 290 g/mol. The first-order valence-electron chi connectivity index (χ1n) is 7.51. The highest BCUT2D eigenvalue weighted by Gasteiger charge is 2.27. The van der Waals surface area contributed by atoms with Crippen LogP contribution in [0.1, 0.15) is 45.4 Å². The Labute approximate surface area is 121 Å². The van der Waals surface area contributed by atoms with Crippen LogP contribution < -0.4 is 0 Å². The Bertz CT molecular complexity index is 246. The van der Waals surface area contributed by atoms with Gasteiger partial charge in [-0.05, 0) is 48.7 Å². The maximum Gasteiger partial charge on any atom is 0.166 e. The molecule has 0 aromatic carbocycles. The van der Waals surface area contributed by atoms with Crippen molar-refractivity contribution in [2.75, 3.05) is 48.8 Å². The van der Waals surface area contributed by atoms with E-state index in [0.717, 1.165) is 6.54 Å². The molecule has 0 aromatic heterocycles. The van der Waals surface area contributed by atoms with Crippen LogP contribution >= 0.6 is 7.51 Å². The molecule has 0 fully saturated rings. The van der Waals surface area contributed by atoms with Gasteiger partial charge in [0.15, 0.2) is 7.51 Å². The summed E-state index contributed by atoms with van der Waals surface area (Å²) in [7, 11) is 11.2. The fraction of sp³-hybridized carbons (Fsp3) is 1.00. The van der Waals surface area contributed by atoms with Crippen molar-refractivity contribution in [3.8, 4) is 0 Å². The van der Waals surface area contributed by atoms with Gasteiger partial charge in [0.05, 0.1) is 0 Å². The van der Waals surface area contributed by atoms with Crippen LogP contribution in [0.3, 0.4) is 0 Å². The van der Waals surface area contributed by atoms with Gasteiger partial charge in [0, 0.05) is 6.54 Å². The molecule has 0 spiro atoms. The van der Waals surface area contributed by atoms with Crippen LogP contribution in [0.5, 0.6) is 0 Å². The summed E-state index contributed by atoms with van der Waals surface area (Å²) in [5.74, 6) is 0. The highest BCUT2D eigenvalue weighted by Crippen LogP contribution is 2.54. The van der Waals surface area contributed by atoms with E-state index in [1.165, 1.54) is 38.5 Å². The molecule has 5 heteroatoms. The number of hydrogen-bond acceptors (Lipinski definition) is 1. The van der Waals surface area contributed by atoms with Gasteiger partial charge < -0.3 is 0 Å². The van der Waals surface area contributed by atoms with Crippen molar-refractivity contribution in [2.24, 2.45) is 4.74 Å². The largest absolute Gasteiger partial charge is 0.261 e. The fourth-order valence-electron chi connectivity index (χ4n) is 2.55. The Balaban J connectivity index is 4.42. The maximum absolute atomic E-state index is 5.06. The predicted octanol–water partition coefficient (Wildman–Crippen LogP) is 3.98. The molecule has 116 valence electrons. The minimum absolute atomic E-state index is 0.981. The van der Waals surface area contributed by atoms with Crippen LogP contribution in [0.15, 0.2) is 4.74 Å². The summed E-state index contributed by atoms with van der Waals surface area (Å²) in [4.78, 5) is 0. The summed E-state index contributed by atoms with van der Waals surface area (Å²) in [6.45, 7) is 3.24. The van der Waals surface area contributed by atoms with Crippen molar-refractivity contribution >= 4 is 7.51 Å². The standard InChI is InChI=1S/C14H35N4P/c1-8-9-10-11-12-13-14-15-19(16(2)3,17(4)5)18(6)7/h8-14H2,1-7H3. The zero-order chi connectivity index (χ0) is 14.9. The van der Waals surface area contributed by atoms with E-state index in [0.29, 0.717) is 0 Å².